The normalized spacial score (nSPS) is 10.1. The zero-order chi connectivity index (χ0) is 14.7. The standard InChI is InChI=1S/C14H11FN2O3/c1-9-8-10(15)6-7-12(9)16-14(18)11-4-2-3-5-13(11)17(19)20/h2-8H,1H3,(H,16,18). The van der Waals surface area contributed by atoms with E-state index in [2.05, 4.69) is 5.32 Å². The number of carbonyl (C=O) groups is 1. The van der Waals surface area contributed by atoms with Gasteiger partial charge < -0.3 is 5.32 Å². The van der Waals surface area contributed by atoms with Crippen LogP contribution in [0.5, 0.6) is 0 Å². The molecule has 5 nitrogen and oxygen atoms in total. The van der Waals surface area contributed by atoms with Crippen LogP contribution in [0.25, 0.3) is 0 Å². The first-order valence-corrected chi connectivity index (χ1v) is 5.80. The van der Waals surface area contributed by atoms with E-state index in [-0.39, 0.29) is 11.3 Å². The van der Waals surface area contributed by atoms with E-state index in [9.17, 15) is 19.3 Å². The molecule has 2 aromatic rings. The average molecular weight is 274 g/mol. The Morgan fingerprint density at radius 2 is 1.95 bits per heavy atom. The number of aryl methyl sites for hydroxylation is 1. The van der Waals surface area contributed by atoms with Crippen molar-refractivity contribution in [3.8, 4) is 0 Å². The number of halogens is 1. The zero-order valence-corrected chi connectivity index (χ0v) is 10.6. The smallest absolute Gasteiger partial charge is 0.282 e. The maximum absolute atomic E-state index is 13.0. The number of amides is 1. The number of nitro benzene ring substituents is 1. The molecule has 1 amide bonds. The molecule has 0 radical (unpaired) electrons. The van der Waals surface area contributed by atoms with Gasteiger partial charge in [0, 0.05) is 11.8 Å². The van der Waals surface area contributed by atoms with Crippen molar-refractivity contribution in [2.75, 3.05) is 5.32 Å². The molecule has 0 unspecified atom stereocenters. The van der Waals surface area contributed by atoms with E-state index in [0.717, 1.165) is 0 Å². The topological polar surface area (TPSA) is 72.2 Å². The molecular formula is C14H11FN2O3. The molecule has 0 aliphatic carbocycles. The van der Waals surface area contributed by atoms with Crippen LogP contribution >= 0.6 is 0 Å². The van der Waals surface area contributed by atoms with Crippen LogP contribution in [-0.4, -0.2) is 10.8 Å². The maximum atomic E-state index is 13.0. The van der Waals surface area contributed by atoms with Gasteiger partial charge in [-0.2, -0.15) is 0 Å². The Morgan fingerprint density at radius 3 is 2.60 bits per heavy atom. The summed E-state index contributed by atoms with van der Waals surface area (Å²) in [7, 11) is 0. The zero-order valence-electron chi connectivity index (χ0n) is 10.6. The molecule has 0 aromatic heterocycles. The van der Waals surface area contributed by atoms with Crippen molar-refractivity contribution in [2.45, 2.75) is 6.92 Å². The first-order chi connectivity index (χ1) is 9.49. The largest absolute Gasteiger partial charge is 0.322 e. The molecule has 1 N–H and O–H groups in total. The number of nitro groups is 1. The first kappa shape index (κ1) is 13.7. The highest BCUT2D eigenvalue weighted by Gasteiger charge is 2.19. The van der Waals surface area contributed by atoms with Gasteiger partial charge in [0.2, 0.25) is 0 Å². The summed E-state index contributed by atoms with van der Waals surface area (Å²) in [5.41, 5.74) is 0.637. The van der Waals surface area contributed by atoms with Gasteiger partial charge in [-0.3, -0.25) is 14.9 Å². The summed E-state index contributed by atoms with van der Waals surface area (Å²) in [5.74, 6) is -1.02. The van der Waals surface area contributed by atoms with Gasteiger partial charge in [-0.05, 0) is 36.8 Å². The second-order valence-electron chi connectivity index (χ2n) is 4.19. The van der Waals surface area contributed by atoms with E-state index >= 15 is 0 Å². The van der Waals surface area contributed by atoms with Gasteiger partial charge in [0.05, 0.1) is 4.92 Å². The van der Waals surface area contributed by atoms with Crippen LogP contribution in [0.1, 0.15) is 15.9 Å². The van der Waals surface area contributed by atoms with Crippen molar-refractivity contribution in [1.29, 1.82) is 0 Å². The summed E-state index contributed by atoms with van der Waals surface area (Å²) in [5, 5.41) is 13.4. The minimum Gasteiger partial charge on any atom is -0.322 e. The van der Waals surface area contributed by atoms with E-state index < -0.39 is 16.6 Å². The van der Waals surface area contributed by atoms with Gasteiger partial charge in [0.1, 0.15) is 11.4 Å². The van der Waals surface area contributed by atoms with Crippen LogP contribution in [0.3, 0.4) is 0 Å². The lowest BCUT2D eigenvalue weighted by Crippen LogP contribution is -2.14. The molecule has 0 spiro atoms. The highest BCUT2D eigenvalue weighted by atomic mass is 19.1. The van der Waals surface area contributed by atoms with E-state index in [4.69, 9.17) is 0 Å². The lowest BCUT2D eigenvalue weighted by molar-refractivity contribution is -0.385. The van der Waals surface area contributed by atoms with Crippen LogP contribution in [-0.2, 0) is 0 Å². The summed E-state index contributed by atoms with van der Waals surface area (Å²) in [6.45, 7) is 1.64. The highest BCUT2D eigenvalue weighted by Crippen LogP contribution is 2.21. The molecule has 2 aromatic carbocycles. The summed E-state index contributed by atoms with van der Waals surface area (Å²) in [6, 6.07) is 9.55. The van der Waals surface area contributed by atoms with E-state index in [0.29, 0.717) is 11.3 Å². The number of nitrogens with zero attached hydrogens (tertiary/aromatic N) is 1. The number of hydrogen-bond donors (Lipinski definition) is 1. The number of para-hydroxylation sites is 1. The average Bonchev–Trinajstić information content (AvgIpc) is 2.41. The second kappa shape index (κ2) is 5.48. The van der Waals surface area contributed by atoms with Crippen molar-refractivity contribution in [3.63, 3.8) is 0 Å². The van der Waals surface area contributed by atoms with Gasteiger partial charge in [-0.1, -0.05) is 12.1 Å². The van der Waals surface area contributed by atoms with E-state index in [1.54, 1.807) is 13.0 Å². The molecular weight excluding hydrogens is 263 g/mol. The van der Waals surface area contributed by atoms with Gasteiger partial charge >= 0.3 is 0 Å². The van der Waals surface area contributed by atoms with Gasteiger partial charge in [0.15, 0.2) is 0 Å². The molecule has 0 heterocycles. The second-order valence-corrected chi connectivity index (χ2v) is 4.19. The molecule has 0 aliphatic heterocycles. The van der Waals surface area contributed by atoms with Gasteiger partial charge in [0.25, 0.3) is 11.6 Å². The minimum absolute atomic E-state index is 0.0405. The third kappa shape index (κ3) is 2.80. The summed E-state index contributed by atoms with van der Waals surface area (Å²) in [4.78, 5) is 22.3. The van der Waals surface area contributed by atoms with Crippen LogP contribution < -0.4 is 5.32 Å². The number of rotatable bonds is 3. The molecule has 2 rings (SSSR count). The van der Waals surface area contributed by atoms with Crippen molar-refractivity contribution >= 4 is 17.3 Å². The number of nitrogens with one attached hydrogen (secondary N) is 1. The van der Waals surface area contributed by atoms with Crippen LogP contribution in [0.15, 0.2) is 42.5 Å². The predicted molar refractivity (Wildman–Crippen MR) is 72.2 cm³/mol. The minimum atomic E-state index is -0.619. The maximum Gasteiger partial charge on any atom is 0.282 e. The Balaban J connectivity index is 2.31. The number of carbonyl (C=O) groups excluding carboxylic acids is 1. The Labute approximate surface area is 114 Å². The highest BCUT2D eigenvalue weighted by molar-refractivity contribution is 6.07. The molecule has 102 valence electrons. The molecule has 6 heteroatoms. The summed E-state index contributed by atoms with van der Waals surface area (Å²) in [6.07, 6.45) is 0. The first-order valence-electron chi connectivity index (χ1n) is 5.80. The molecule has 20 heavy (non-hydrogen) atoms. The molecule has 0 bridgehead atoms. The molecule has 0 saturated carbocycles. The summed E-state index contributed by atoms with van der Waals surface area (Å²) >= 11 is 0. The molecule has 0 aliphatic rings. The molecule has 0 atom stereocenters. The van der Waals surface area contributed by atoms with Gasteiger partial charge in [-0.15, -0.1) is 0 Å². The SMILES string of the molecule is Cc1cc(F)ccc1NC(=O)c1ccccc1[N+](=O)[O-]. The van der Waals surface area contributed by atoms with Crippen LogP contribution in [0.2, 0.25) is 0 Å². The summed E-state index contributed by atoms with van der Waals surface area (Å²) < 4.78 is 13.0. The third-order valence-corrected chi connectivity index (χ3v) is 2.78. The monoisotopic (exact) mass is 274 g/mol. The number of hydrogen-bond acceptors (Lipinski definition) is 3. The van der Waals surface area contributed by atoms with Crippen molar-refractivity contribution in [1.82, 2.24) is 0 Å². The Bertz CT molecular complexity index is 686. The number of benzene rings is 2. The van der Waals surface area contributed by atoms with E-state index in [1.165, 1.54) is 36.4 Å². The Morgan fingerprint density at radius 1 is 1.25 bits per heavy atom. The third-order valence-electron chi connectivity index (χ3n) is 2.78. The number of anilines is 1. The molecule has 0 saturated heterocycles. The van der Waals surface area contributed by atoms with Gasteiger partial charge in [-0.25, -0.2) is 4.39 Å². The van der Waals surface area contributed by atoms with Crippen molar-refractivity contribution < 1.29 is 14.1 Å². The van der Waals surface area contributed by atoms with Crippen molar-refractivity contribution in [2.24, 2.45) is 0 Å². The van der Waals surface area contributed by atoms with Crippen LogP contribution in [0.4, 0.5) is 15.8 Å². The lowest BCUT2D eigenvalue weighted by atomic mass is 10.1. The van der Waals surface area contributed by atoms with E-state index in [1.807, 2.05) is 0 Å². The molecule has 0 fully saturated rings. The fraction of sp³-hybridized carbons (Fsp3) is 0.0714. The quantitative estimate of drug-likeness (QED) is 0.689. The fourth-order valence-corrected chi connectivity index (χ4v) is 1.78. The lowest BCUT2D eigenvalue weighted by Gasteiger charge is -2.08. The fourth-order valence-electron chi connectivity index (χ4n) is 1.78. The predicted octanol–water partition coefficient (Wildman–Crippen LogP) is 3.29. The Kier molecular flexibility index (Phi) is 3.74. The Hall–Kier alpha value is -2.76. The van der Waals surface area contributed by atoms with Crippen LogP contribution in [0, 0.1) is 22.9 Å². The van der Waals surface area contributed by atoms with Crippen molar-refractivity contribution in [3.05, 3.63) is 69.5 Å².